The number of benzene rings is 1. The number of halogens is 2. The summed E-state index contributed by atoms with van der Waals surface area (Å²) in [6, 6.07) is 6.89. The number of rotatable bonds is 4. The second-order valence-corrected chi connectivity index (χ2v) is 5.10. The Bertz CT molecular complexity index is 600. The Hall–Kier alpha value is -1.73. The molecule has 0 radical (unpaired) electrons. The molecule has 2 aromatic rings. The van der Waals surface area contributed by atoms with Crippen LogP contribution in [0.1, 0.15) is 9.67 Å². The SMILES string of the molecule is Nc1ccc2sc(C(=O)NCC(O)C(F)F)cc2c1. The van der Waals surface area contributed by atoms with Gasteiger partial charge >= 0.3 is 0 Å². The third-order valence-corrected chi connectivity index (χ3v) is 3.64. The number of amides is 1. The van der Waals surface area contributed by atoms with E-state index in [0.29, 0.717) is 10.6 Å². The van der Waals surface area contributed by atoms with E-state index in [1.54, 1.807) is 24.3 Å². The van der Waals surface area contributed by atoms with E-state index < -0.39 is 25.0 Å². The van der Waals surface area contributed by atoms with Crippen molar-refractivity contribution < 1.29 is 18.7 Å². The molecule has 102 valence electrons. The van der Waals surface area contributed by atoms with Crippen LogP contribution in [-0.4, -0.2) is 30.1 Å². The molecule has 1 aromatic carbocycles. The lowest BCUT2D eigenvalue weighted by Crippen LogP contribution is -2.35. The van der Waals surface area contributed by atoms with E-state index in [9.17, 15) is 13.6 Å². The number of carbonyl (C=O) groups excluding carboxylic acids is 1. The van der Waals surface area contributed by atoms with Crippen molar-refractivity contribution in [2.75, 3.05) is 12.3 Å². The highest BCUT2D eigenvalue weighted by molar-refractivity contribution is 7.20. The molecule has 2 rings (SSSR count). The first-order valence-electron chi connectivity index (χ1n) is 5.51. The highest BCUT2D eigenvalue weighted by Gasteiger charge is 2.18. The molecular formula is C12H12F2N2O2S. The van der Waals surface area contributed by atoms with E-state index in [1.165, 1.54) is 11.3 Å². The van der Waals surface area contributed by atoms with Crippen molar-refractivity contribution in [3.05, 3.63) is 29.1 Å². The van der Waals surface area contributed by atoms with Gasteiger partial charge in [-0.05, 0) is 29.7 Å². The number of nitrogens with one attached hydrogen (secondary N) is 1. The number of carbonyl (C=O) groups is 1. The first kappa shape index (κ1) is 13.7. The molecule has 0 aliphatic heterocycles. The zero-order chi connectivity index (χ0) is 14.0. The maximum Gasteiger partial charge on any atom is 0.265 e. The smallest absolute Gasteiger partial charge is 0.265 e. The largest absolute Gasteiger partial charge is 0.399 e. The first-order chi connectivity index (χ1) is 8.97. The average molecular weight is 286 g/mol. The van der Waals surface area contributed by atoms with Crippen LogP contribution in [0.15, 0.2) is 24.3 Å². The van der Waals surface area contributed by atoms with Gasteiger partial charge in [0.1, 0.15) is 6.10 Å². The second kappa shape index (κ2) is 5.50. The Kier molecular flexibility index (Phi) is 3.96. The van der Waals surface area contributed by atoms with Gasteiger partial charge in [-0.1, -0.05) is 0 Å². The summed E-state index contributed by atoms with van der Waals surface area (Å²) in [6.07, 6.45) is -4.73. The number of thiophene rings is 1. The molecule has 0 bridgehead atoms. The number of aliphatic hydroxyl groups excluding tert-OH is 1. The molecule has 0 saturated heterocycles. The number of hydrogen-bond donors (Lipinski definition) is 3. The lowest BCUT2D eigenvalue weighted by Gasteiger charge is -2.09. The van der Waals surface area contributed by atoms with E-state index in [0.717, 1.165) is 10.1 Å². The van der Waals surface area contributed by atoms with Gasteiger partial charge in [-0.15, -0.1) is 11.3 Å². The first-order valence-corrected chi connectivity index (χ1v) is 6.32. The van der Waals surface area contributed by atoms with Crippen molar-refractivity contribution in [2.24, 2.45) is 0 Å². The monoisotopic (exact) mass is 286 g/mol. The zero-order valence-corrected chi connectivity index (χ0v) is 10.6. The minimum atomic E-state index is -2.87. The van der Waals surface area contributed by atoms with Crippen molar-refractivity contribution in [3.63, 3.8) is 0 Å². The molecule has 1 amide bonds. The van der Waals surface area contributed by atoms with Crippen molar-refractivity contribution in [2.45, 2.75) is 12.5 Å². The van der Waals surface area contributed by atoms with Gasteiger partial charge in [0, 0.05) is 16.9 Å². The second-order valence-electron chi connectivity index (χ2n) is 4.02. The van der Waals surface area contributed by atoms with E-state index in [-0.39, 0.29) is 0 Å². The molecule has 1 aromatic heterocycles. The van der Waals surface area contributed by atoms with Gasteiger partial charge in [0.05, 0.1) is 4.88 Å². The number of nitrogen functional groups attached to an aromatic ring is 1. The highest BCUT2D eigenvalue weighted by atomic mass is 32.1. The number of hydrogen-bond acceptors (Lipinski definition) is 4. The number of fused-ring (bicyclic) bond motifs is 1. The Morgan fingerprint density at radius 1 is 1.42 bits per heavy atom. The van der Waals surface area contributed by atoms with Gasteiger partial charge in [-0.2, -0.15) is 0 Å². The third-order valence-electron chi connectivity index (χ3n) is 2.53. The summed E-state index contributed by atoms with van der Waals surface area (Å²) < 4.78 is 25.0. The molecule has 1 atom stereocenters. The predicted octanol–water partition coefficient (Wildman–Crippen LogP) is 1.84. The van der Waals surface area contributed by atoms with Gasteiger partial charge in [0.15, 0.2) is 0 Å². The minimum Gasteiger partial charge on any atom is -0.399 e. The fourth-order valence-corrected chi connectivity index (χ4v) is 2.51. The molecule has 1 unspecified atom stereocenters. The number of nitrogens with two attached hydrogens (primary N) is 1. The summed E-state index contributed by atoms with van der Waals surface area (Å²) in [4.78, 5) is 12.1. The van der Waals surface area contributed by atoms with Crippen LogP contribution >= 0.6 is 11.3 Å². The fraction of sp³-hybridized carbons (Fsp3) is 0.250. The highest BCUT2D eigenvalue weighted by Crippen LogP contribution is 2.27. The van der Waals surface area contributed by atoms with Gasteiger partial charge in [-0.3, -0.25) is 4.79 Å². The molecule has 0 aliphatic rings. The quantitative estimate of drug-likeness (QED) is 0.751. The van der Waals surface area contributed by atoms with Crippen LogP contribution in [0.2, 0.25) is 0 Å². The van der Waals surface area contributed by atoms with Crippen molar-refractivity contribution in [3.8, 4) is 0 Å². The number of aliphatic hydroxyl groups is 1. The third kappa shape index (κ3) is 3.18. The molecule has 0 aliphatic carbocycles. The lowest BCUT2D eigenvalue weighted by atomic mass is 10.2. The van der Waals surface area contributed by atoms with Crippen LogP contribution in [0.5, 0.6) is 0 Å². The van der Waals surface area contributed by atoms with Crippen molar-refractivity contribution in [1.29, 1.82) is 0 Å². The molecular weight excluding hydrogens is 274 g/mol. The Labute approximate surface area is 111 Å². The maximum atomic E-state index is 12.1. The molecule has 0 fully saturated rings. The summed E-state index contributed by atoms with van der Waals surface area (Å²) in [5.41, 5.74) is 6.22. The van der Waals surface area contributed by atoms with E-state index >= 15 is 0 Å². The van der Waals surface area contributed by atoms with Crippen LogP contribution in [0.4, 0.5) is 14.5 Å². The molecule has 0 spiro atoms. The van der Waals surface area contributed by atoms with Gasteiger partial charge in [0.25, 0.3) is 12.3 Å². The van der Waals surface area contributed by atoms with Gasteiger partial charge in [-0.25, -0.2) is 8.78 Å². The van der Waals surface area contributed by atoms with Crippen molar-refractivity contribution in [1.82, 2.24) is 5.32 Å². The van der Waals surface area contributed by atoms with E-state index in [1.807, 2.05) is 0 Å². The summed E-state index contributed by atoms with van der Waals surface area (Å²) in [6.45, 7) is -0.479. The van der Waals surface area contributed by atoms with Crippen LogP contribution in [0.3, 0.4) is 0 Å². The van der Waals surface area contributed by atoms with Crippen molar-refractivity contribution >= 4 is 33.0 Å². The standard InChI is InChI=1S/C12H12F2N2O2S/c13-11(14)8(17)5-16-12(18)10-4-6-3-7(15)1-2-9(6)19-10/h1-4,8,11,17H,5,15H2,(H,16,18). The lowest BCUT2D eigenvalue weighted by molar-refractivity contribution is -0.00268. The summed E-state index contributed by atoms with van der Waals surface area (Å²) in [7, 11) is 0. The number of anilines is 1. The molecule has 0 saturated carbocycles. The average Bonchev–Trinajstić information content (AvgIpc) is 2.78. The van der Waals surface area contributed by atoms with E-state index in [2.05, 4.69) is 5.32 Å². The van der Waals surface area contributed by atoms with Gasteiger partial charge in [0.2, 0.25) is 0 Å². The normalized spacial score (nSPS) is 12.8. The fourth-order valence-electron chi connectivity index (χ4n) is 1.55. The topological polar surface area (TPSA) is 75.4 Å². The predicted molar refractivity (Wildman–Crippen MR) is 70.6 cm³/mol. The summed E-state index contributed by atoms with van der Waals surface area (Å²) in [5.74, 6) is -0.487. The van der Waals surface area contributed by atoms with Gasteiger partial charge < -0.3 is 16.2 Å². The van der Waals surface area contributed by atoms with Crippen LogP contribution in [-0.2, 0) is 0 Å². The van der Waals surface area contributed by atoms with Crippen LogP contribution < -0.4 is 11.1 Å². The van der Waals surface area contributed by atoms with Crippen LogP contribution in [0.25, 0.3) is 10.1 Å². The molecule has 19 heavy (non-hydrogen) atoms. The Balaban J connectivity index is 2.09. The Morgan fingerprint density at radius 2 is 2.16 bits per heavy atom. The zero-order valence-electron chi connectivity index (χ0n) is 9.77. The van der Waals surface area contributed by atoms with Crippen LogP contribution in [0, 0.1) is 0 Å². The minimum absolute atomic E-state index is 0.391. The summed E-state index contributed by atoms with van der Waals surface area (Å²) >= 11 is 1.24. The molecule has 4 nitrogen and oxygen atoms in total. The number of alkyl halides is 2. The van der Waals surface area contributed by atoms with E-state index in [4.69, 9.17) is 10.8 Å². The maximum absolute atomic E-state index is 12.1. The molecule has 4 N–H and O–H groups in total. The molecule has 7 heteroatoms. The summed E-state index contributed by atoms with van der Waals surface area (Å²) in [5, 5.41) is 12.0. The Morgan fingerprint density at radius 3 is 2.84 bits per heavy atom. The molecule has 1 heterocycles.